The number of fused-ring (bicyclic) bond motifs is 1. The monoisotopic (exact) mass is 326 g/mol. The first-order chi connectivity index (χ1) is 10.9. The quantitative estimate of drug-likeness (QED) is 0.668. The average molecular weight is 326 g/mol. The molecule has 0 spiro atoms. The molecule has 120 valence electrons. The van der Waals surface area contributed by atoms with Gasteiger partial charge in [0.1, 0.15) is 22.8 Å². The van der Waals surface area contributed by atoms with Crippen LogP contribution in [0.3, 0.4) is 0 Å². The van der Waals surface area contributed by atoms with Crippen molar-refractivity contribution in [1.29, 1.82) is 0 Å². The van der Waals surface area contributed by atoms with Crippen molar-refractivity contribution in [3.8, 4) is 0 Å². The van der Waals surface area contributed by atoms with E-state index in [1.807, 2.05) is 18.3 Å². The molecule has 0 fully saturated rings. The predicted molar refractivity (Wildman–Crippen MR) is 98.1 cm³/mol. The Morgan fingerprint density at radius 2 is 1.91 bits per heavy atom. The Morgan fingerprint density at radius 3 is 2.61 bits per heavy atom. The van der Waals surface area contributed by atoms with E-state index in [9.17, 15) is 0 Å². The van der Waals surface area contributed by atoms with Gasteiger partial charge in [-0.05, 0) is 43.1 Å². The van der Waals surface area contributed by atoms with Crippen molar-refractivity contribution in [2.45, 2.75) is 41.2 Å². The van der Waals surface area contributed by atoms with E-state index in [1.54, 1.807) is 0 Å². The lowest BCUT2D eigenvalue weighted by Crippen LogP contribution is -2.33. The summed E-state index contributed by atoms with van der Waals surface area (Å²) >= 11 is 1.81. The number of para-hydroxylation sites is 1. The lowest BCUT2D eigenvalue weighted by molar-refractivity contribution is -0.665. The van der Waals surface area contributed by atoms with Crippen LogP contribution in [0.4, 0.5) is 0 Å². The van der Waals surface area contributed by atoms with Crippen LogP contribution in [0.5, 0.6) is 0 Å². The standard InChI is InChI=1S/C20H24NOS/c1-6-21-17-9-7-8-10-18(17)23-19(21)13-16-12-15(20(3,4)5)11-14(2)22-16/h7-13H,6H2,1-5H3/q+1/b16-13+. The first-order valence-electron chi connectivity index (χ1n) is 8.10. The molecule has 0 atom stereocenters. The van der Waals surface area contributed by atoms with Gasteiger partial charge in [0.2, 0.25) is 5.52 Å². The van der Waals surface area contributed by atoms with Crippen molar-refractivity contribution in [3.63, 3.8) is 0 Å². The molecule has 3 heteroatoms. The summed E-state index contributed by atoms with van der Waals surface area (Å²) in [5, 5.41) is 1.22. The molecular formula is C20H24NOS+. The van der Waals surface area contributed by atoms with E-state index in [4.69, 9.17) is 4.74 Å². The van der Waals surface area contributed by atoms with E-state index >= 15 is 0 Å². The van der Waals surface area contributed by atoms with Crippen LogP contribution < -0.4 is 4.57 Å². The van der Waals surface area contributed by atoms with Gasteiger partial charge in [-0.3, -0.25) is 0 Å². The van der Waals surface area contributed by atoms with Gasteiger partial charge in [0.15, 0.2) is 0 Å². The Morgan fingerprint density at radius 1 is 1.17 bits per heavy atom. The Balaban J connectivity index is 2.08. The van der Waals surface area contributed by atoms with Crippen molar-refractivity contribution in [1.82, 2.24) is 0 Å². The van der Waals surface area contributed by atoms with Gasteiger partial charge in [-0.25, -0.2) is 0 Å². The number of hydrogen-bond acceptors (Lipinski definition) is 2. The highest BCUT2D eigenvalue weighted by molar-refractivity contribution is 7.18. The van der Waals surface area contributed by atoms with Crippen LogP contribution in [-0.2, 0) is 11.3 Å². The summed E-state index contributed by atoms with van der Waals surface area (Å²) in [5.41, 5.74) is 2.71. The Hall–Kier alpha value is -1.87. The molecule has 0 saturated carbocycles. The predicted octanol–water partition coefficient (Wildman–Crippen LogP) is 5.46. The smallest absolute Gasteiger partial charge is 0.266 e. The van der Waals surface area contributed by atoms with E-state index in [0.29, 0.717) is 0 Å². The van der Waals surface area contributed by atoms with Crippen LogP contribution >= 0.6 is 11.3 Å². The number of aromatic nitrogens is 1. The molecule has 2 heterocycles. The second-order valence-corrected chi connectivity index (χ2v) is 7.97. The maximum atomic E-state index is 5.95. The van der Waals surface area contributed by atoms with Crippen LogP contribution in [0.1, 0.15) is 39.6 Å². The van der Waals surface area contributed by atoms with Gasteiger partial charge in [-0.2, -0.15) is 4.57 Å². The molecule has 0 N–H and O–H groups in total. The zero-order valence-electron chi connectivity index (χ0n) is 14.5. The molecule has 0 aliphatic carbocycles. The van der Waals surface area contributed by atoms with Crippen LogP contribution in [0.25, 0.3) is 16.3 Å². The summed E-state index contributed by atoms with van der Waals surface area (Å²) in [6.45, 7) is 11.9. The molecule has 1 aliphatic heterocycles. The van der Waals surface area contributed by atoms with Gasteiger partial charge in [0.25, 0.3) is 5.01 Å². The number of allylic oxidation sites excluding steroid dienone is 4. The maximum Gasteiger partial charge on any atom is 0.266 e. The van der Waals surface area contributed by atoms with Gasteiger partial charge in [-0.15, -0.1) is 0 Å². The van der Waals surface area contributed by atoms with Gasteiger partial charge < -0.3 is 4.74 Å². The zero-order chi connectivity index (χ0) is 16.6. The SMILES string of the molecule is CC[n+]1c(/C=C2\C=C(C(C)(C)C)C=C(C)O2)sc2ccccc21. The highest BCUT2D eigenvalue weighted by atomic mass is 32.1. The van der Waals surface area contributed by atoms with Gasteiger partial charge in [0, 0.05) is 6.07 Å². The first kappa shape index (κ1) is 16.0. The number of aryl methyl sites for hydroxylation is 1. The third-order valence-corrected chi connectivity index (χ3v) is 5.13. The van der Waals surface area contributed by atoms with Crippen molar-refractivity contribution in [3.05, 3.63) is 58.5 Å². The van der Waals surface area contributed by atoms with Crippen molar-refractivity contribution in [2.75, 3.05) is 0 Å². The molecular weight excluding hydrogens is 302 g/mol. The van der Waals surface area contributed by atoms with Crippen molar-refractivity contribution < 1.29 is 9.30 Å². The normalized spacial score (nSPS) is 17.2. The number of benzene rings is 1. The summed E-state index contributed by atoms with van der Waals surface area (Å²) in [5.74, 6) is 1.87. The molecule has 1 aliphatic rings. The first-order valence-corrected chi connectivity index (χ1v) is 8.91. The molecule has 0 unspecified atom stereocenters. The fraction of sp³-hybridized carbons (Fsp3) is 0.350. The van der Waals surface area contributed by atoms with Gasteiger partial charge in [-0.1, -0.05) is 44.2 Å². The average Bonchev–Trinajstić information content (AvgIpc) is 2.82. The van der Waals surface area contributed by atoms with Crippen molar-refractivity contribution >= 4 is 27.6 Å². The van der Waals surface area contributed by atoms with E-state index in [-0.39, 0.29) is 5.41 Å². The molecule has 0 amide bonds. The lowest BCUT2D eigenvalue weighted by Gasteiger charge is -2.24. The molecule has 3 rings (SSSR count). The van der Waals surface area contributed by atoms with Crippen LogP contribution in [0, 0.1) is 5.41 Å². The molecule has 0 radical (unpaired) electrons. The zero-order valence-corrected chi connectivity index (χ0v) is 15.3. The van der Waals surface area contributed by atoms with E-state index < -0.39 is 0 Å². The van der Waals surface area contributed by atoms with Gasteiger partial charge >= 0.3 is 0 Å². The highest BCUT2D eigenvalue weighted by Gasteiger charge is 2.22. The van der Waals surface area contributed by atoms with E-state index in [2.05, 4.69) is 74.8 Å². The molecule has 1 aromatic heterocycles. The fourth-order valence-corrected chi connectivity index (χ4v) is 3.94. The third kappa shape index (κ3) is 3.25. The van der Waals surface area contributed by atoms with Gasteiger partial charge in [0.05, 0.1) is 6.08 Å². The lowest BCUT2D eigenvalue weighted by atomic mass is 9.85. The fourth-order valence-electron chi connectivity index (χ4n) is 2.77. The number of rotatable bonds is 2. The molecule has 2 aromatic rings. The molecule has 0 saturated heterocycles. The highest BCUT2D eigenvalue weighted by Crippen LogP contribution is 2.33. The largest absolute Gasteiger partial charge is 0.462 e. The second kappa shape index (κ2) is 5.97. The number of thiazole rings is 1. The molecule has 0 bridgehead atoms. The van der Waals surface area contributed by atoms with E-state index in [0.717, 1.165) is 18.1 Å². The summed E-state index contributed by atoms with van der Waals surface area (Å²) in [6.07, 6.45) is 6.46. The molecule has 23 heavy (non-hydrogen) atoms. The summed E-state index contributed by atoms with van der Waals surface area (Å²) < 4.78 is 9.60. The summed E-state index contributed by atoms with van der Waals surface area (Å²) in [7, 11) is 0. The van der Waals surface area contributed by atoms with Crippen LogP contribution in [0.2, 0.25) is 0 Å². The van der Waals surface area contributed by atoms with E-state index in [1.165, 1.54) is 20.8 Å². The minimum absolute atomic E-state index is 0.116. The number of nitrogens with zero attached hydrogens (tertiary/aromatic N) is 1. The minimum Gasteiger partial charge on any atom is -0.462 e. The Bertz CT molecular complexity index is 831. The second-order valence-electron chi connectivity index (χ2n) is 6.91. The minimum atomic E-state index is 0.116. The van der Waals surface area contributed by atoms with Crippen LogP contribution in [-0.4, -0.2) is 0 Å². The third-order valence-electron chi connectivity index (χ3n) is 4.02. The number of ether oxygens (including phenoxy) is 1. The maximum absolute atomic E-state index is 5.95. The summed E-state index contributed by atoms with van der Waals surface area (Å²) in [4.78, 5) is 0. The summed E-state index contributed by atoms with van der Waals surface area (Å²) in [6, 6.07) is 8.55. The number of hydrogen-bond donors (Lipinski definition) is 0. The topological polar surface area (TPSA) is 13.1 Å². The van der Waals surface area contributed by atoms with Crippen LogP contribution in [0.15, 0.2) is 53.5 Å². The Kier molecular flexibility index (Phi) is 4.15. The Labute approximate surface area is 142 Å². The van der Waals surface area contributed by atoms with Crippen molar-refractivity contribution in [2.24, 2.45) is 5.41 Å². The molecule has 2 nitrogen and oxygen atoms in total. The molecule has 1 aromatic carbocycles.